The van der Waals surface area contributed by atoms with Crippen LogP contribution in [0.3, 0.4) is 0 Å². The van der Waals surface area contributed by atoms with Crippen LogP contribution in [-0.4, -0.2) is 16.9 Å². The van der Waals surface area contributed by atoms with Gasteiger partial charge < -0.3 is 11.1 Å². The fraction of sp³-hybridized carbons (Fsp3) is 0.833. The number of nitrogens with two attached hydrogens (primary N) is 1. The minimum Gasteiger partial charge on any atom is -0.393 e. The van der Waals surface area contributed by atoms with Gasteiger partial charge in [-0.2, -0.15) is 0 Å². The molecule has 3 N–H and O–H groups in total. The molecule has 0 spiro atoms. The van der Waals surface area contributed by atoms with Crippen molar-refractivity contribution in [2.45, 2.75) is 51.0 Å². The molecule has 3 nitrogen and oxygen atoms in total. The van der Waals surface area contributed by atoms with Crippen LogP contribution >= 0.6 is 12.2 Å². The second-order valence-corrected chi connectivity index (χ2v) is 5.51. The third-order valence-corrected chi connectivity index (χ3v) is 4.24. The maximum atomic E-state index is 12.0. The van der Waals surface area contributed by atoms with Gasteiger partial charge in [-0.25, -0.2) is 0 Å². The second-order valence-electron chi connectivity index (χ2n) is 5.04. The zero-order valence-corrected chi connectivity index (χ0v) is 10.4. The Morgan fingerprint density at radius 1 is 1.12 bits per heavy atom. The molecule has 0 aromatic rings. The van der Waals surface area contributed by atoms with Gasteiger partial charge in [0.2, 0.25) is 5.91 Å². The van der Waals surface area contributed by atoms with Crippen molar-refractivity contribution in [1.82, 2.24) is 5.32 Å². The largest absolute Gasteiger partial charge is 0.393 e. The lowest BCUT2D eigenvalue weighted by atomic mass is 10.0. The van der Waals surface area contributed by atoms with E-state index in [-0.39, 0.29) is 23.8 Å². The van der Waals surface area contributed by atoms with Gasteiger partial charge in [-0.15, -0.1) is 0 Å². The summed E-state index contributed by atoms with van der Waals surface area (Å²) in [6.07, 6.45) is 7.68. The average molecular weight is 240 g/mol. The van der Waals surface area contributed by atoms with Crippen molar-refractivity contribution in [2.75, 3.05) is 0 Å². The summed E-state index contributed by atoms with van der Waals surface area (Å²) < 4.78 is 0. The second kappa shape index (κ2) is 5.13. The van der Waals surface area contributed by atoms with Gasteiger partial charge in [0, 0.05) is 17.9 Å². The Bertz CT molecular complexity index is 287. The van der Waals surface area contributed by atoms with Crippen molar-refractivity contribution in [3.8, 4) is 0 Å². The number of amides is 1. The highest BCUT2D eigenvalue weighted by Gasteiger charge is 2.32. The lowest BCUT2D eigenvalue weighted by Gasteiger charge is -2.21. The maximum Gasteiger partial charge on any atom is 0.223 e. The molecule has 0 aromatic heterocycles. The molecule has 16 heavy (non-hydrogen) atoms. The summed E-state index contributed by atoms with van der Waals surface area (Å²) in [4.78, 5) is 12.5. The van der Waals surface area contributed by atoms with E-state index in [0.717, 1.165) is 32.1 Å². The van der Waals surface area contributed by atoms with E-state index in [0.29, 0.717) is 4.99 Å². The third kappa shape index (κ3) is 2.54. The van der Waals surface area contributed by atoms with E-state index in [9.17, 15) is 4.79 Å². The molecule has 2 saturated carbocycles. The van der Waals surface area contributed by atoms with Crippen molar-refractivity contribution in [1.29, 1.82) is 0 Å². The quantitative estimate of drug-likeness (QED) is 0.739. The molecule has 4 heteroatoms. The first-order valence-electron chi connectivity index (χ1n) is 6.28. The van der Waals surface area contributed by atoms with Gasteiger partial charge >= 0.3 is 0 Å². The highest BCUT2D eigenvalue weighted by atomic mass is 32.1. The van der Waals surface area contributed by atoms with E-state index in [4.69, 9.17) is 18.0 Å². The first kappa shape index (κ1) is 11.8. The Hall–Kier alpha value is -0.640. The first-order valence-corrected chi connectivity index (χ1v) is 6.69. The van der Waals surface area contributed by atoms with E-state index < -0.39 is 0 Å². The van der Waals surface area contributed by atoms with Crippen molar-refractivity contribution in [3.05, 3.63) is 0 Å². The highest BCUT2D eigenvalue weighted by molar-refractivity contribution is 7.80. The molecule has 2 fully saturated rings. The highest BCUT2D eigenvalue weighted by Crippen LogP contribution is 2.28. The Labute approximate surface area is 102 Å². The monoisotopic (exact) mass is 240 g/mol. The van der Waals surface area contributed by atoms with Gasteiger partial charge in [-0.3, -0.25) is 4.79 Å². The summed E-state index contributed by atoms with van der Waals surface area (Å²) >= 11 is 5.05. The minimum atomic E-state index is 0.200. The topological polar surface area (TPSA) is 55.1 Å². The molecule has 0 heterocycles. The number of thiocarbonyl (C=S) groups is 1. The summed E-state index contributed by atoms with van der Waals surface area (Å²) in [6.45, 7) is 0. The number of carbonyl (C=O) groups excluding carboxylic acids is 1. The van der Waals surface area contributed by atoms with Crippen LogP contribution in [0.4, 0.5) is 0 Å². The maximum absolute atomic E-state index is 12.0. The zero-order chi connectivity index (χ0) is 11.5. The summed E-state index contributed by atoms with van der Waals surface area (Å²) in [5, 5.41) is 3.15. The van der Waals surface area contributed by atoms with Crippen LogP contribution in [0.25, 0.3) is 0 Å². The Kier molecular flexibility index (Phi) is 3.79. The van der Waals surface area contributed by atoms with Crippen LogP contribution in [0.1, 0.15) is 44.9 Å². The van der Waals surface area contributed by atoms with Gasteiger partial charge in [-0.1, -0.05) is 31.5 Å². The lowest BCUT2D eigenvalue weighted by molar-refractivity contribution is -0.125. The predicted octanol–water partition coefficient (Wildman–Crippen LogP) is 1.75. The predicted molar refractivity (Wildman–Crippen MR) is 68.0 cm³/mol. The molecule has 0 aromatic carbocycles. The third-order valence-electron chi connectivity index (χ3n) is 3.94. The van der Waals surface area contributed by atoms with Crippen molar-refractivity contribution in [2.24, 2.45) is 17.6 Å². The van der Waals surface area contributed by atoms with Crippen LogP contribution in [-0.2, 0) is 4.79 Å². The van der Waals surface area contributed by atoms with Crippen molar-refractivity contribution in [3.63, 3.8) is 0 Å². The summed E-state index contributed by atoms with van der Waals surface area (Å²) in [6, 6.07) is 0.200. The zero-order valence-electron chi connectivity index (χ0n) is 9.58. The van der Waals surface area contributed by atoms with Gasteiger partial charge in [0.05, 0.1) is 4.99 Å². The SMILES string of the molecule is NC(=S)C1CCCC1NC(=O)C1CCCC1. The molecule has 1 amide bonds. The number of carbonyl (C=O) groups is 1. The number of rotatable bonds is 3. The molecule has 0 radical (unpaired) electrons. The van der Waals surface area contributed by atoms with Gasteiger partial charge in [0.1, 0.15) is 0 Å². The first-order chi connectivity index (χ1) is 7.68. The number of nitrogens with one attached hydrogen (secondary N) is 1. The molecular weight excluding hydrogens is 220 g/mol. The van der Waals surface area contributed by atoms with Gasteiger partial charge in [0.15, 0.2) is 0 Å². The molecule has 2 aliphatic rings. The molecule has 0 saturated heterocycles. The van der Waals surface area contributed by atoms with Crippen LogP contribution in [0, 0.1) is 11.8 Å². The van der Waals surface area contributed by atoms with Crippen molar-refractivity contribution >= 4 is 23.1 Å². The van der Waals surface area contributed by atoms with Crippen molar-refractivity contribution < 1.29 is 4.79 Å². The van der Waals surface area contributed by atoms with E-state index >= 15 is 0 Å². The Morgan fingerprint density at radius 2 is 1.81 bits per heavy atom. The fourth-order valence-electron chi connectivity index (χ4n) is 2.96. The Morgan fingerprint density at radius 3 is 2.44 bits per heavy atom. The molecule has 0 bridgehead atoms. The number of hydrogen-bond donors (Lipinski definition) is 2. The van der Waals surface area contributed by atoms with E-state index in [2.05, 4.69) is 5.32 Å². The summed E-state index contributed by atoms with van der Waals surface area (Å²) in [7, 11) is 0. The van der Waals surface area contributed by atoms with Crippen LogP contribution in [0.2, 0.25) is 0 Å². The molecule has 2 atom stereocenters. The summed E-state index contributed by atoms with van der Waals surface area (Å²) in [5.74, 6) is 0.693. The number of hydrogen-bond acceptors (Lipinski definition) is 2. The lowest BCUT2D eigenvalue weighted by Crippen LogP contribution is -2.43. The van der Waals surface area contributed by atoms with Gasteiger partial charge in [-0.05, 0) is 25.7 Å². The van der Waals surface area contributed by atoms with E-state index in [1.807, 2.05) is 0 Å². The standard InChI is InChI=1S/C12H20N2OS/c13-11(16)9-6-3-7-10(9)14-12(15)8-4-1-2-5-8/h8-10H,1-7H2,(H2,13,16)(H,14,15). The molecule has 2 rings (SSSR count). The molecular formula is C12H20N2OS. The molecule has 2 aliphatic carbocycles. The van der Waals surface area contributed by atoms with Crippen LogP contribution < -0.4 is 11.1 Å². The fourth-order valence-corrected chi connectivity index (χ4v) is 3.24. The smallest absolute Gasteiger partial charge is 0.223 e. The van der Waals surface area contributed by atoms with E-state index in [1.54, 1.807) is 0 Å². The van der Waals surface area contributed by atoms with Crippen LogP contribution in [0.5, 0.6) is 0 Å². The summed E-state index contributed by atoms with van der Waals surface area (Å²) in [5.41, 5.74) is 5.70. The van der Waals surface area contributed by atoms with E-state index in [1.165, 1.54) is 12.8 Å². The molecule has 90 valence electrons. The van der Waals surface area contributed by atoms with Crippen LogP contribution in [0.15, 0.2) is 0 Å². The average Bonchev–Trinajstić information content (AvgIpc) is 2.86. The molecule has 0 aliphatic heterocycles. The minimum absolute atomic E-state index is 0.200. The van der Waals surface area contributed by atoms with Gasteiger partial charge in [0.25, 0.3) is 0 Å². The Balaban J connectivity index is 1.88. The molecule has 2 unspecified atom stereocenters. The normalized spacial score (nSPS) is 30.5.